The van der Waals surface area contributed by atoms with Gasteiger partial charge in [-0.15, -0.1) is 0 Å². The van der Waals surface area contributed by atoms with Gasteiger partial charge in [-0.25, -0.2) is 4.98 Å². The van der Waals surface area contributed by atoms with E-state index in [0.717, 1.165) is 15.4 Å². The zero-order valence-electron chi connectivity index (χ0n) is 17.0. The number of carbonyl (C=O) groups excluding carboxylic acids is 1. The Morgan fingerprint density at radius 2 is 1.79 bits per heavy atom. The van der Waals surface area contributed by atoms with E-state index in [9.17, 15) is 9.59 Å². The summed E-state index contributed by atoms with van der Waals surface area (Å²) in [6.07, 6.45) is 0. The molecule has 0 unspecified atom stereocenters. The van der Waals surface area contributed by atoms with Crippen molar-refractivity contribution in [3.8, 4) is 5.69 Å². The standard InChI is InChI=1S/C24H16BrClN4O2S/c25-14-5-9-16(10-6-14)27-20(31)13-33-24-29-21-18-3-1-2-4-19(18)28-22(21)23(32)30(24)17-11-7-15(26)8-12-17/h1-12,28H,13H2,(H,27,31). The van der Waals surface area contributed by atoms with E-state index in [1.165, 1.54) is 16.3 Å². The highest BCUT2D eigenvalue weighted by atomic mass is 79.9. The molecule has 0 spiro atoms. The van der Waals surface area contributed by atoms with Gasteiger partial charge in [-0.1, -0.05) is 57.5 Å². The Bertz CT molecular complexity index is 1550. The molecule has 5 rings (SSSR count). The average Bonchev–Trinajstić information content (AvgIpc) is 3.19. The monoisotopic (exact) mass is 538 g/mol. The molecule has 33 heavy (non-hydrogen) atoms. The molecule has 6 nitrogen and oxygen atoms in total. The van der Waals surface area contributed by atoms with Gasteiger partial charge >= 0.3 is 0 Å². The van der Waals surface area contributed by atoms with Crippen LogP contribution in [0.25, 0.3) is 27.6 Å². The number of halogens is 2. The molecule has 3 aromatic carbocycles. The summed E-state index contributed by atoms with van der Waals surface area (Å²) in [5, 5.41) is 4.70. The summed E-state index contributed by atoms with van der Waals surface area (Å²) in [6.45, 7) is 0. The van der Waals surface area contributed by atoms with Crippen LogP contribution in [0, 0.1) is 0 Å². The van der Waals surface area contributed by atoms with Crippen LogP contribution in [0.3, 0.4) is 0 Å². The van der Waals surface area contributed by atoms with Crippen LogP contribution in [0.1, 0.15) is 0 Å². The number of amides is 1. The Morgan fingerprint density at radius 1 is 1.06 bits per heavy atom. The van der Waals surface area contributed by atoms with Crippen molar-refractivity contribution in [2.24, 2.45) is 0 Å². The number of thioether (sulfide) groups is 1. The molecule has 164 valence electrons. The normalized spacial score (nSPS) is 11.2. The quantitative estimate of drug-likeness (QED) is 0.212. The first-order valence-corrected chi connectivity index (χ1v) is 12.1. The van der Waals surface area contributed by atoms with Crippen LogP contribution in [-0.4, -0.2) is 26.2 Å². The minimum Gasteiger partial charge on any atom is -0.349 e. The van der Waals surface area contributed by atoms with Crippen LogP contribution in [-0.2, 0) is 4.79 Å². The number of fused-ring (bicyclic) bond motifs is 3. The lowest BCUT2D eigenvalue weighted by atomic mass is 10.2. The van der Waals surface area contributed by atoms with Crippen LogP contribution < -0.4 is 10.9 Å². The molecule has 2 N–H and O–H groups in total. The molecule has 0 aliphatic carbocycles. The number of rotatable bonds is 5. The van der Waals surface area contributed by atoms with Gasteiger partial charge in [-0.2, -0.15) is 0 Å². The largest absolute Gasteiger partial charge is 0.349 e. The number of aromatic nitrogens is 3. The topological polar surface area (TPSA) is 79.8 Å². The van der Waals surface area contributed by atoms with Crippen LogP contribution in [0.5, 0.6) is 0 Å². The number of anilines is 1. The lowest BCUT2D eigenvalue weighted by Crippen LogP contribution is -2.23. The highest BCUT2D eigenvalue weighted by molar-refractivity contribution is 9.10. The SMILES string of the molecule is O=C(CSc1nc2c([nH]c3ccccc32)c(=O)n1-c1ccc(Cl)cc1)Nc1ccc(Br)cc1. The first kappa shape index (κ1) is 21.8. The number of hydrogen-bond donors (Lipinski definition) is 2. The van der Waals surface area contributed by atoms with Crippen molar-refractivity contribution in [3.63, 3.8) is 0 Å². The number of hydrogen-bond acceptors (Lipinski definition) is 4. The van der Waals surface area contributed by atoms with E-state index >= 15 is 0 Å². The molecule has 2 aromatic heterocycles. The van der Waals surface area contributed by atoms with Crippen molar-refractivity contribution in [2.75, 3.05) is 11.1 Å². The Hall–Kier alpha value is -3.07. The number of nitrogens with zero attached hydrogens (tertiary/aromatic N) is 2. The van der Waals surface area contributed by atoms with Gasteiger partial charge in [0.25, 0.3) is 5.56 Å². The number of carbonyl (C=O) groups is 1. The molecule has 0 aliphatic heterocycles. The summed E-state index contributed by atoms with van der Waals surface area (Å²) in [4.78, 5) is 34.1. The first-order valence-electron chi connectivity index (χ1n) is 9.97. The lowest BCUT2D eigenvalue weighted by Gasteiger charge is -2.12. The average molecular weight is 540 g/mol. The minimum absolute atomic E-state index is 0.0873. The van der Waals surface area contributed by atoms with E-state index in [1.54, 1.807) is 24.3 Å². The third kappa shape index (κ3) is 4.42. The Morgan fingerprint density at radius 3 is 2.55 bits per heavy atom. The second kappa shape index (κ2) is 9.05. The van der Waals surface area contributed by atoms with E-state index in [2.05, 4.69) is 26.2 Å². The molecule has 1 amide bonds. The molecule has 0 saturated heterocycles. The van der Waals surface area contributed by atoms with E-state index < -0.39 is 0 Å². The minimum atomic E-state index is -0.241. The van der Waals surface area contributed by atoms with Gasteiger partial charge < -0.3 is 10.3 Å². The van der Waals surface area contributed by atoms with E-state index in [0.29, 0.717) is 32.6 Å². The number of para-hydroxylation sites is 1. The Labute approximate surface area is 206 Å². The van der Waals surface area contributed by atoms with Gasteiger partial charge in [0.15, 0.2) is 5.16 Å². The van der Waals surface area contributed by atoms with Crippen LogP contribution in [0.15, 0.2) is 87.2 Å². The van der Waals surface area contributed by atoms with Crippen molar-refractivity contribution < 1.29 is 4.79 Å². The highest BCUT2D eigenvalue weighted by Crippen LogP contribution is 2.27. The zero-order valence-corrected chi connectivity index (χ0v) is 20.2. The molecular formula is C24H16BrClN4O2S. The van der Waals surface area contributed by atoms with Gasteiger partial charge in [0.05, 0.1) is 11.4 Å². The van der Waals surface area contributed by atoms with Gasteiger partial charge in [-0.05, 0) is 54.6 Å². The summed E-state index contributed by atoms with van der Waals surface area (Å²) < 4.78 is 2.43. The maximum absolute atomic E-state index is 13.5. The molecule has 0 bridgehead atoms. The summed E-state index contributed by atoms with van der Waals surface area (Å²) in [5.41, 5.74) is 2.89. The lowest BCUT2D eigenvalue weighted by molar-refractivity contribution is -0.113. The van der Waals surface area contributed by atoms with Gasteiger partial charge in [0.1, 0.15) is 11.0 Å². The third-order valence-electron chi connectivity index (χ3n) is 5.04. The highest BCUT2D eigenvalue weighted by Gasteiger charge is 2.18. The Balaban J connectivity index is 1.55. The smallest absolute Gasteiger partial charge is 0.283 e. The summed E-state index contributed by atoms with van der Waals surface area (Å²) in [6, 6.07) is 21.9. The van der Waals surface area contributed by atoms with Crippen LogP contribution in [0.2, 0.25) is 5.02 Å². The second-order valence-corrected chi connectivity index (χ2v) is 9.54. The summed E-state index contributed by atoms with van der Waals surface area (Å²) >= 11 is 10.6. The van der Waals surface area contributed by atoms with Crippen LogP contribution in [0.4, 0.5) is 5.69 Å². The van der Waals surface area contributed by atoms with Crippen LogP contribution >= 0.6 is 39.3 Å². The molecule has 0 aliphatic rings. The fraction of sp³-hybridized carbons (Fsp3) is 0.0417. The van der Waals surface area contributed by atoms with Crippen molar-refractivity contribution >= 4 is 72.8 Å². The second-order valence-electron chi connectivity index (χ2n) is 7.25. The molecular weight excluding hydrogens is 524 g/mol. The van der Waals surface area contributed by atoms with E-state index in [-0.39, 0.29) is 17.2 Å². The summed E-state index contributed by atoms with van der Waals surface area (Å²) in [5.74, 6) is -0.109. The number of benzene rings is 3. The molecule has 5 aromatic rings. The van der Waals surface area contributed by atoms with Crippen molar-refractivity contribution in [1.29, 1.82) is 0 Å². The molecule has 0 saturated carbocycles. The maximum atomic E-state index is 13.5. The zero-order chi connectivity index (χ0) is 22.9. The maximum Gasteiger partial charge on any atom is 0.283 e. The predicted octanol–water partition coefficient (Wildman–Crippen LogP) is 6.01. The van der Waals surface area contributed by atoms with Crippen molar-refractivity contribution in [2.45, 2.75) is 5.16 Å². The van der Waals surface area contributed by atoms with Gasteiger partial charge in [-0.3, -0.25) is 14.2 Å². The van der Waals surface area contributed by atoms with Gasteiger partial charge in [0.2, 0.25) is 5.91 Å². The molecule has 2 heterocycles. The van der Waals surface area contributed by atoms with E-state index in [1.807, 2.05) is 48.5 Å². The van der Waals surface area contributed by atoms with Gasteiger partial charge in [0, 0.05) is 26.1 Å². The third-order valence-corrected chi connectivity index (χ3v) is 6.76. The summed E-state index contributed by atoms with van der Waals surface area (Å²) in [7, 11) is 0. The fourth-order valence-electron chi connectivity index (χ4n) is 3.52. The van der Waals surface area contributed by atoms with Crippen molar-refractivity contribution in [3.05, 3.63) is 92.6 Å². The number of nitrogens with one attached hydrogen (secondary N) is 2. The molecule has 9 heteroatoms. The Kier molecular flexibility index (Phi) is 5.97. The number of H-pyrrole nitrogens is 1. The molecule has 0 atom stereocenters. The first-order chi connectivity index (χ1) is 16.0. The molecule has 0 fully saturated rings. The van der Waals surface area contributed by atoms with E-state index in [4.69, 9.17) is 16.6 Å². The molecule has 0 radical (unpaired) electrons. The van der Waals surface area contributed by atoms with Crippen molar-refractivity contribution in [1.82, 2.24) is 14.5 Å². The fourth-order valence-corrected chi connectivity index (χ4v) is 4.71. The number of aromatic amines is 1. The predicted molar refractivity (Wildman–Crippen MR) is 138 cm³/mol.